The number of aryl methyl sites for hydroxylation is 1. The molecular weight excluding hydrogens is 248 g/mol. The summed E-state index contributed by atoms with van der Waals surface area (Å²) in [6, 6.07) is 10.7. The van der Waals surface area contributed by atoms with E-state index in [0.717, 1.165) is 6.54 Å². The Bertz CT molecular complexity index is 555. The zero-order valence-electron chi connectivity index (χ0n) is 12.0. The first-order chi connectivity index (χ1) is 9.84. The predicted molar refractivity (Wildman–Crippen MR) is 83.0 cm³/mol. The molecule has 0 unspecified atom stereocenters. The largest absolute Gasteiger partial charge is 0.378 e. The van der Waals surface area contributed by atoms with E-state index in [2.05, 4.69) is 45.6 Å². The fraction of sp³-hybridized carbons (Fsp3) is 0.438. The maximum atomic E-state index is 4.21. The van der Waals surface area contributed by atoms with Gasteiger partial charge < -0.3 is 10.2 Å². The van der Waals surface area contributed by atoms with E-state index in [0.29, 0.717) is 0 Å². The van der Waals surface area contributed by atoms with Gasteiger partial charge in [0, 0.05) is 26.3 Å². The fourth-order valence-electron chi connectivity index (χ4n) is 2.79. The number of para-hydroxylation sites is 2. The average molecular weight is 270 g/mol. The lowest BCUT2D eigenvalue weighted by atomic mass is 10.1. The summed E-state index contributed by atoms with van der Waals surface area (Å²) < 4.78 is 1.91. The van der Waals surface area contributed by atoms with Gasteiger partial charge in [0.2, 0.25) is 0 Å². The Hall–Kier alpha value is -1.97. The van der Waals surface area contributed by atoms with Crippen molar-refractivity contribution in [3.05, 3.63) is 42.2 Å². The molecule has 0 radical (unpaired) electrons. The van der Waals surface area contributed by atoms with E-state index in [-0.39, 0.29) is 0 Å². The van der Waals surface area contributed by atoms with Crippen LogP contribution in [0.4, 0.5) is 11.4 Å². The molecule has 106 valence electrons. The molecule has 1 N–H and O–H groups in total. The van der Waals surface area contributed by atoms with Gasteiger partial charge in [0.25, 0.3) is 0 Å². The van der Waals surface area contributed by atoms with E-state index in [1.807, 2.05) is 17.9 Å². The highest BCUT2D eigenvalue weighted by molar-refractivity contribution is 5.70. The van der Waals surface area contributed by atoms with Crippen LogP contribution < -0.4 is 10.2 Å². The minimum atomic E-state index is 0.807. The van der Waals surface area contributed by atoms with Crippen molar-refractivity contribution in [2.75, 3.05) is 23.3 Å². The maximum absolute atomic E-state index is 4.21. The molecule has 0 aliphatic carbocycles. The highest BCUT2D eigenvalue weighted by atomic mass is 15.3. The Labute approximate surface area is 120 Å². The molecule has 2 aromatic rings. The summed E-state index contributed by atoms with van der Waals surface area (Å²) in [6.45, 7) is 3.15. The number of nitrogens with zero attached hydrogens (tertiary/aromatic N) is 3. The Kier molecular flexibility index (Phi) is 3.90. The third-order valence-corrected chi connectivity index (χ3v) is 3.98. The molecule has 3 rings (SSSR count). The van der Waals surface area contributed by atoms with Gasteiger partial charge in [-0.3, -0.25) is 4.68 Å². The summed E-state index contributed by atoms with van der Waals surface area (Å²) in [5.74, 6) is 0. The molecule has 1 saturated heterocycles. The van der Waals surface area contributed by atoms with Gasteiger partial charge in [-0.2, -0.15) is 5.10 Å². The van der Waals surface area contributed by atoms with Crippen LogP contribution in [0, 0.1) is 0 Å². The fourth-order valence-corrected chi connectivity index (χ4v) is 2.79. The maximum Gasteiger partial charge on any atom is 0.0602 e. The second kappa shape index (κ2) is 5.99. The summed E-state index contributed by atoms with van der Waals surface area (Å²) >= 11 is 0. The molecule has 1 fully saturated rings. The molecule has 4 heteroatoms. The van der Waals surface area contributed by atoms with Gasteiger partial charge in [-0.15, -0.1) is 0 Å². The van der Waals surface area contributed by atoms with E-state index >= 15 is 0 Å². The predicted octanol–water partition coefficient (Wildman–Crippen LogP) is 3.02. The van der Waals surface area contributed by atoms with Crippen LogP contribution in [0.5, 0.6) is 0 Å². The van der Waals surface area contributed by atoms with Gasteiger partial charge in [-0.05, 0) is 37.5 Å². The molecular formula is C16H22N4. The van der Waals surface area contributed by atoms with Gasteiger partial charge in [0.1, 0.15) is 0 Å². The molecule has 1 aromatic carbocycles. The standard InChI is InChI=1S/C16H22N4/c1-19-14(9-10-18-19)13-17-15-7-3-4-8-16(15)20-11-5-2-6-12-20/h3-4,7-10,17H,2,5-6,11-13H2,1H3. The topological polar surface area (TPSA) is 33.1 Å². The second-order valence-electron chi connectivity index (χ2n) is 5.36. The van der Waals surface area contributed by atoms with E-state index in [4.69, 9.17) is 0 Å². The number of anilines is 2. The van der Waals surface area contributed by atoms with Crippen LogP contribution in [0.15, 0.2) is 36.5 Å². The lowest BCUT2D eigenvalue weighted by molar-refractivity contribution is 0.578. The lowest BCUT2D eigenvalue weighted by Crippen LogP contribution is -2.30. The number of rotatable bonds is 4. The van der Waals surface area contributed by atoms with Crippen LogP contribution in [0.25, 0.3) is 0 Å². The Morgan fingerprint density at radius 3 is 2.65 bits per heavy atom. The molecule has 0 spiro atoms. The highest BCUT2D eigenvalue weighted by Crippen LogP contribution is 2.28. The summed E-state index contributed by atoms with van der Waals surface area (Å²) in [4.78, 5) is 2.50. The van der Waals surface area contributed by atoms with E-state index in [1.165, 1.54) is 49.4 Å². The molecule has 0 amide bonds. The smallest absolute Gasteiger partial charge is 0.0602 e. The summed E-state index contributed by atoms with van der Waals surface area (Å²) in [6.07, 6.45) is 5.81. The minimum Gasteiger partial charge on any atom is -0.378 e. The van der Waals surface area contributed by atoms with E-state index < -0.39 is 0 Å². The van der Waals surface area contributed by atoms with Crippen LogP contribution in [0.3, 0.4) is 0 Å². The Morgan fingerprint density at radius 2 is 1.90 bits per heavy atom. The zero-order valence-corrected chi connectivity index (χ0v) is 12.0. The molecule has 2 heterocycles. The van der Waals surface area contributed by atoms with Gasteiger partial charge >= 0.3 is 0 Å². The summed E-state index contributed by atoms with van der Waals surface area (Å²) in [5.41, 5.74) is 3.74. The van der Waals surface area contributed by atoms with Crippen molar-refractivity contribution < 1.29 is 0 Å². The molecule has 0 bridgehead atoms. The average Bonchev–Trinajstić information content (AvgIpc) is 2.92. The number of nitrogens with one attached hydrogen (secondary N) is 1. The molecule has 20 heavy (non-hydrogen) atoms. The van der Waals surface area contributed by atoms with Crippen molar-refractivity contribution in [2.45, 2.75) is 25.8 Å². The number of hydrogen-bond acceptors (Lipinski definition) is 3. The third kappa shape index (κ3) is 2.79. The Morgan fingerprint density at radius 1 is 1.10 bits per heavy atom. The SMILES string of the molecule is Cn1nccc1CNc1ccccc1N1CCCCC1. The Balaban J connectivity index is 1.74. The van der Waals surface area contributed by atoms with E-state index in [9.17, 15) is 0 Å². The molecule has 1 aromatic heterocycles. The molecule has 4 nitrogen and oxygen atoms in total. The highest BCUT2D eigenvalue weighted by Gasteiger charge is 2.14. The number of aromatic nitrogens is 2. The summed E-state index contributed by atoms with van der Waals surface area (Å²) in [5, 5.41) is 7.76. The van der Waals surface area contributed by atoms with Crippen LogP contribution in [0.1, 0.15) is 25.0 Å². The van der Waals surface area contributed by atoms with Gasteiger partial charge in [0.15, 0.2) is 0 Å². The van der Waals surface area contributed by atoms with Crippen molar-refractivity contribution in [2.24, 2.45) is 7.05 Å². The second-order valence-corrected chi connectivity index (χ2v) is 5.36. The molecule has 1 aliphatic rings. The number of benzene rings is 1. The monoisotopic (exact) mass is 270 g/mol. The number of piperidine rings is 1. The van der Waals surface area contributed by atoms with Crippen molar-refractivity contribution >= 4 is 11.4 Å². The first kappa shape index (κ1) is 13.0. The normalized spacial score (nSPS) is 15.3. The first-order valence-corrected chi connectivity index (χ1v) is 7.39. The molecule has 1 aliphatic heterocycles. The van der Waals surface area contributed by atoms with Gasteiger partial charge in [0.05, 0.1) is 23.6 Å². The van der Waals surface area contributed by atoms with Crippen molar-refractivity contribution in [3.63, 3.8) is 0 Å². The molecule has 0 saturated carbocycles. The van der Waals surface area contributed by atoms with Crippen LogP contribution >= 0.6 is 0 Å². The third-order valence-electron chi connectivity index (χ3n) is 3.98. The van der Waals surface area contributed by atoms with Gasteiger partial charge in [-0.1, -0.05) is 12.1 Å². The zero-order chi connectivity index (χ0) is 13.8. The van der Waals surface area contributed by atoms with E-state index in [1.54, 1.807) is 0 Å². The van der Waals surface area contributed by atoms with Crippen molar-refractivity contribution in [3.8, 4) is 0 Å². The van der Waals surface area contributed by atoms with Crippen LogP contribution in [-0.2, 0) is 13.6 Å². The molecule has 0 atom stereocenters. The first-order valence-electron chi connectivity index (χ1n) is 7.39. The number of hydrogen-bond donors (Lipinski definition) is 1. The van der Waals surface area contributed by atoms with Crippen molar-refractivity contribution in [1.82, 2.24) is 9.78 Å². The quantitative estimate of drug-likeness (QED) is 0.927. The van der Waals surface area contributed by atoms with Gasteiger partial charge in [-0.25, -0.2) is 0 Å². The minimum absolute atomic E-state index is 0.807. The summed E-state index contributed by atoms with van der Waals surface area (Å²) in [7, 11) is 1.98. The van der Waals surface area contributed by atoms with Crippen LogP contribution in [0.2, 0.25) is 0 Å². The van der Waals surface area contributed by atoms with Crippen LogP contribution in [-0.4, -0.2) is 22.9 Å². The van der Waals surface area contributed by atoms with Crippen molar-refractivity contribution in [1.29, 1.82) is 0 Å². The lowest BCUT2D eigenvalue weighted by Gasteiger charge is -2.30.